The van der Waals surface area contributed by atoms with Crippen LogP contribution in [0.2, 0.25) is 5.02 Å². The zero-order chi connectivity index (χ0) is 23.2. The average molecular weight is 469 g/mol. The molecule has 2 amide bonds. The summed E-state index contributed by atoms with van der Waals surface area (Å²) in [5, 5.41) is 3.55. The van der Waals surface area contributed by atoms with Crippen LogP contribution in [0.5, 0.6) is 5.75 Å². The van der Waals surface area contributed by atoms with Gasteiger partial charge in [0, 0.05) is 43.2 Å². The fraction of sp³-hybridized carbons (Fsp3) is 0.400. The Bertz CT molecular complexity index is 1120. The van der Waals surface area contributed by atoms with E-state index in [-0.39, 0.29) is 11.8 Å². The molecule has 0 spiro atoms. The smallest absolute Gasteiger partial charge is 0.257 e. The average Bonchev–Trinajstić information content (AvgIpc) is 3.31. The molecule has 0 atom stereocenters. The van der Waals surface area contributed by atoms with Crippen molar-refractivity contribution in [3.63, 3.8) is 0 Å². The minimum Gasteiger partial charge on any atom is -0.496 e. The van der Waals surface area contributed by atoms with E-state index < -0.39 is 0 Å². The second kappa shape index (κ2) is 10.7. The molecule has 0 unspecified atom stereocenters. The molecule has 3 heterocycles. The fourth-order valence-corrected chi connectivity index (χ4v) is 4.52. The van der Waals surface area contributed by atoms with Gasteiger partial charge < -0.3 is 19.4 Å². The molecule has 1 saturated heterocycles. The molecule has 1 aliphatic heterocycles. The number of benzene rings is 1. The molecule has 0 radical (unpaired) electrons. The fourth-order valence-electron chi connectivity index (χ4n) is 4.35. The van der Waals surface area contributed by atoms with E-state index in [4.69, 9.17) is 16.3 Å². The van der Waals surface area contributed by atoms with Crippen molar-refractivity contribution in [2.75, 3.05) is 26.7 Å². The van der Waals surface area contributed by atoms with Crippen LogP contribution in [0.25, 0.3) is 5.65 Å². The van der Waals surface area contributed by atoms with Crippen LogP contribution >= 0.6 is 11.6 Å². The second-order valence-corrected chi connectivity index (χ2v) is 8.88. The number of rotatable bonds is 8. The first kappa shape index (κ1) is 23.1. The molecule has 2 aromatic heterocycles. The number of likely N-dealkylation sites (tertiary alicyclic amines) is 1. The number of nitrogens with one attached hydrogen (secondary N) is 1. The first-order chi connectivity index (χ1) is 16.0. The van der Waals surface area contributed by atoms with E-state index in [1.54, 1.807) is 43.8 Å². The van der Waals surface area contributed by atoms with Gasteiger partial charge in [-0.15, -0.1) is 0 Å². The molecule has 0 aliphatic carbocycles. The van der Waals surface area contributed by atoms with Crippen LogP contribution in [0, 0.1) is 5.92 Å². The Labute approximate surface area is 198 Å². The van der Waals surface area contributed by atoms with Gasteiger partial charge in [-0.05, 0) is 55.5 Å². The molecule has 1 aliphatic rings. The van der Waals surface area contributed by atoms with Gasteiger partial charge in [-0.3, -0.25) is 9.59 Å². The third-order valence-electron chi connectivity index (χ3n) is 6.27. The lowest BCUT2D eigenvalue weighted by atomic mass is 9.91. The monoisotopic (exact) mass is 468 g/mol. The number of hydrogen-bond donors (Lipinski definition) is 1. The normalized spacial score (nSPS) is 14.4. The van der Waals surface area contributed by atoms with Crippen molar-refractivity contribution in [1.29, 1.82) is 0 Å². The number of pyridine rings is 1. The Balaban J connectivity index is 1.16. The molecule has 174 valence electrons. The van der Waals surface area contributed by atoms with Gasteiger partial charge in [-0.1, -0.05) is 24.4 Å². The summed E-state index contributed by atoms with van der Waals surface area (Å²) < 4.78 is 7.17. The number of imidazole rings is 1. The van der Waals surface area contributed by atoms with Crippen molar-refractivity contribution in [2.24, 2.45) is 5.92 Å². The summed E-state index contributed by atoms with van der Waals surface area (Å²) in [6.45, 7) is 2.17. The van der Waals surface area contributed by atoms with Crippen LogP contribution in [0.1, 0.15) is 52.8 Å². The van der Waals surface area contributed by atoms with E-state index in [1.807, 2.05) is 21.6 Å². The number of carbonyl (C=O) groups excluding carboxylic acids is 2. The van der Waals surface area contributed by atoms with E-state index in [1.165, 1.54) is 0 Å². The Morgan fingerprint density at radius 2 is 2.00 bits per heavy atom. The number of unbranched alkanes of at least 4 members (excludes halogenated alkanes) is 1. The summed E-state index contributed by atoms with van der Waals surface area (Å²) >= 11 is 6.01. The van der Waals surface area contributed by atoms with Crippen LogP contribution in [0.3, 0.4) is 0 Å². The molecule has 0 bridgehead atoms. The minimum absolute atomic E-state index is 0.00133. The lowest BCUT2D eigenvalue weighted by Gasteiger charge is -2.32. The highest BCUT2D eigenvalue weighted by Crippen LogP contribution is 2.28. The highest BCUT2D eigenvalue weighted by molar-refractivity contribution is 6.30. The topological polar surface area (TPSA) is 75.9 Å². The zero-order valence-electron chi connectivity index (χ0n) is 18.8. The molecule has 8 heteroatoms. The molecule has 7 nitrogen and oxygen atoms in total. The predicted molar refractivity (Wildman–Crippen MR) is 128 cm³/mol. The number of nitrogens with zero attached hydrogens (tertiary/aromatic N) is 3. The molecule has 1 aromatic carbocycles. The summed E-state index contributed by atoms with van der Waals surface area (Å²) in [7, 11) is 1.55. The minimum atomic E-state index is -0.0601. The maximum absolute atomic E-state index is 12.9. The number of amides is 2. The number of ether oxygens (including phenoxy) is 1. The maximum Gasteiger partial charge on any atom is 0.257 e. The number of carbonyl (C=O) groups is 2. The summed E-state index contributed by atoms with van der Waals surface area (Å²) in [5.74, 6) is 1.07. The first-order valence-corrected chi connectivity index (χ1v) is 11.8. The Kier molecular flexibility index (Phi) is 7.50. The van der Waals surface area contributed by atoms with Crippen molar-refractivity contribution >= 4 is 29.1 Å². The number of hydrogen-bond acceptors (Lipinski definition) is 4. The van der Waals surface area contributed by atoms with Gasteiger partial charge in [0.2, 0.25) is 0 Å². The van der Waals surface area contributed by atoms with Gasteiger partial charge in [-0.25, -0.2) is 4.98 Å². The number of methoxy groups -OCH3 is 1. The lowest BCUT2D eigenvalue weighted by molar-refractivity contribution is 0.0682. The number of piperidine rings is 1. The van der Waals surface area contributed by atoms with Gasteiger partial charge in [-0.2, -0.15) is 0 Å². The molecular weight excluding hydrogens is 440 g/mol. The van der Waals surface area contributed by atoms with Gasteiger partial charge in [0.25, 0.3) is 11.8 Å². The highest BCUT2D eigenvalue weighted by Gasteiger charge is 2.25. The molecule has 1 N–H and O–H groups in total. The molecule has 0 saturated carbocycles. The van der Waals surface area contributed by atoms with E-state index >= 15 is 0 Å². The van der Waals surface area contributed by atoms with Gasteiger partial charge >= 0.3 is 0 Å². The van der Waals surface area contributed by atoms with Crippen LogP contribution in [-0.4, -0.2) is 52.8 Å². The van der Waals surface area contributed by atoms with Gasteiger partial charge in [0.05, 0.1) is 18.2 Å². The summed E-state index contributed by atoms with van der Waals surface area (Å²) in [4.78, 5) is 31.3. The van der Waals surface area contributed by atoms with Gasteiger partial charge in [0.15, 0.2) is 0 Å². The molecule has 1 fully saturated rings. The zero-order valence-corrected chi connectivity index (χ0v) is 19.6. The molecular formula is C25H29ClN4O3. The van der Waals surface area contributed by atoms with Crippen molar-refractivity contribution in [1.82, 2.24) is 19.6 Å². The summed E-state index contributed by atoms with van der Waals surface area (Å²) in [6.07, 6.45) is 10.5. The lowest BCUT2D eigenvalue weighted by Crippen LogP contribution is -2.38. The molecule has 4 rings (SSSR count). The summed E-state index contributed by atoms with van der Waals surface area (Å²) in [5.41, 5.74) is 2.02. The van der Waals surface area contributed by atoms with Crippen LogP contribution in [0.15, 0.2) is 48.9 Å². The predicted octanol–water partition coefficient (Wildman–Crippen LogP) is 4.45. The molecule has 3 aromatic rings. The second-order valence-electron chi connectivity index (χ2n) is 8.44. The van der Waals surface area contributed by atoms with E-state index in [2.05, 4.69) is 10.3 Å². The Morgan fingerprint density at radius 1 is 1.18 bits per heavy atom. The van der Waals surface area contributed by atoms with Gasteiger partial charge in [0.1, 0.15) is 11.4 Å². The SMILES string of the molecule is COc1cc(Cl)ccc1C(=O)N1CCC(CCCCNC(=O)c2ccc3nccn3c2)CC1. The Hall–Kier alpha value is -3.06. The maximum atomic E-state index is 12.9. The molecule has 33 heavy (non-hydrogen) atoms. The number of fused-ring (bicyclic) bond motifs is 1. The van der Waals surface area contributed by atoms with Crippen molar-refractivity contribution in [3.05, 3.63) is 65.1 Å². The van der Waals surface area contributed by atoms with Crippen molar-refractivity contribution in [3.8, 4) is 5.75 Å². The van der Waals surface area contributed by atoms with Crippen molar-refractivity contribution in [2.45, 2.75) is 32.1 Å². The third-order valence-corrected chi connectivity index (χ3v) is 6.51. The standard InChI is InChI=1S/C25H29ClN4O3/c1-33-22-16-20(26)6-7-21(22)25(32)29-13-9-18(10-14-29)4-2-3-11-28-24(31)19-5-8-23-27-12-15-30(23)17-19/h5-8,12,15-18H,2-4,9-11,13-14H2,1H3,(H,28,31). The number of aromatic nitrogens is 2. The van der Waals surface area contributed by atoms with Crippen LogP contribution in [-0.2, 0) is 0 Å². The number of halogens is 1. The third kappa shape index (κ3) is 5.66. The summed E-state index contributed by atoms with van der Waals surface area (Å²) in [6, 6.07) is 8.77. The quantitative estimate of drug-likeness (QED) is 0.495. The van der Waals surface area contributed by atoms with Crippen molar-refractivity contribution < 1.29 is 14.3 Å². The van der Waals surface area contributed by atoms with E-state index in [0.717, 1.165) is 50.8 Å². The largest absolute Gasteiger partial charge is 0.496 e. The Morgan fingerprint density at radius 3 is 2.79 bits per heavy atom. The first-order valence-electron chi connectivity index (χ1n) is 11.4. The van der Waals surface area contributed by atoms with Crippen LogP contribution in [0.4, 0.5) is 0 Å². The highest BCUT2D eigenvalue weighted by atomic mass is 35.5. The van der Waals surface area contributed by atoms with E-state index in [9.17, 15) is 9.59 Å². The van der Waals surface area contributed by atoms with E-state index in [0.29, 0.717) is 34.4 Å². The van der Waals surface area contributed by atoms with Crippen LogP contribution < -0.4 is 10.1 Å².